The average molecular weight is 518 g/mol. The van der Waals surface area contributed by atoms with Crippen LogP contribution in [0.2, 0.25) is 5.02 Å². The first-order valence-corrected chi connectivity index (χ1v) is 10.1. The molecule has 3 rings (SSSR count). The van der Waals surface area contributed by atoms with Crippen molar-refractivity contribution >= 4 is 47.2 Å². The van der Waals surface area contributed by atoms with Gasteiger partial charge in [0.1, 0.15) is 6.54 Å². The highest BCUT2D eigenvalue weighted by Gasteiger charge is 2.22. The Morgan fingerprint density at radius 3 is 2.89 bits per heavy atom. The number of para-hydroxylation sites is 1. The van der Waals surface area contributed by atoms with Gasteiger partial charge in [0.2, 0.25) is 0 Å². The molecule has 1 fully saturated rings. The highest BCUT2D eigenvalue weighted by Crippen LogP contribution is 2.27. The van der Waals surface area contributed by atoms with Crippen LogP contribution >= 0.6 is 35.6 Å². The third kappa shape index (κ3) is 6.27. The summed E-state index contributed by atoms with van der Waals surface area (Å²) in [7, 11) is 0. The van der Waals surface area contributed by atoms with Crippen LogP contribution in [-0.2, 0) is 13.0 Å². The summed E-state index contributed by atoms with van der Waals surface area (Å²) in [5, 5.41) is 11.7. The number of rotatable bonds is 6. The van der Waals surface area contributed by atoms with Crippen molar-refractivity contribution in [1.29, 1.82) is 0 Å². The Hall–Kier alpha value is -1.48. The fourth-order valence-electron chi connectivity index (χ4n) is 3.29. The van der Waals surface area contributed by atoms with Gasteiger partial charge in [0, 0.05) is 31.7 Å². The minimum atomic E-state index is 0. The Balaban J connectivity index is 0.00000280. The monoisotopic (exact) mass is 517 g/mol. The summed E-state index contributed by atoms with van der Waals surface area (Å²) in [6, 6.07) is 10.3. The molecule has 1 aliphatic rings. The number of piperidine rings is 1. The third-order valence-electron chi connectivity index (χ3n) is 4.66. The predicted molar refractivity (Wildman–Crippen MR) is 126 cm³/mol. The predicted octanol–water partition coefficient (Wildman–Crippen LogP) is 4.23. The zero-order valence-corrected chi connectivity index (χ0v) is 19.5. The summed E-state index contributed by atoms with van der Waals surface area (Å²) in [5.41, 5.74) is 2.06. The summed E-state index contributed by atoms with van der Waals surface area (Å²) in [5.74, 6) is 1.59. The van der Waals surface area contributed by atoms with E-state index in [4.69, 9.17) is 16.1 Å². The van der Waals surface area contributed by atoms with E-state index in [0.29, 0.717) is 12.6 Å². The van der Waals surface area contributed by atoms with Crippen LogP contribution in [0.15, 0.2) is 39.8 Å². The van der Waals surface area contributed by atoms with Crippen LogP contribution in [-0.4, -0.2) is 36.8 Å². The number of aromatic nitrogens is 1. The SMILES string of the molecule is CCNC(=NCc1cc(CC)no1)NC1CCCN(c2ccccc2Cl)C1.I. The number of anilines is 1. The molecule has 28 heavy (non-hydrogen) atoms. The molecule has 1 saturated heterocycles. The maximum absolute atomic E-state index is 6.38. The molecular formula is C20H29ClIN5O. The van der Waals surface area contributed by atoms with E-state index in [0.717, 1.165) is 67.0 Å². The number of aliphatic imine (C=N–C) groups is 1. The number of benzene rings is 1. The van der Waals surface area contributed by atoms with Gasteiger partial charge in [-0.25, -0.2) is 4.99 Å². The van der Waals surface area contributed by atoms with Gasteiger partial charge < -0.3 is 20.1 Å². The number of nitrogens with zero attached hydrogens (tertiary/aromatic N) is 3. The zero-order chi connectivity index (χ0) is 19.1. The molecule has 1 unspecified atom stereocenters. The molecule has 1 aromatic heterocycles. The van der Waals surface area contributed by atoms with E-state index in [1.54, 1.807) is 0 Å². The number of guanidine groups is 1. The van der Waals surface area contributed by atoms with Gasteiger partial charge in [-0.1, -0.05) is 35.8 Å². The Morgan fingerprint density at radius 1 is 1.36 bits per heavy atom. The number of aryl methyl sites for hydroxylation is 1. The Kier molecular flexibility index (Phi) is 9.37. The number of nitrogens with one attached hydrogen (secondary N) is 2. The van der Waals surface area contributed by atoms with Crippen molar-refractivity contribution in [2.24, 2.45) is 4.99 Å². The third-order valence-corrected chi connectivity index (χ3v) is 4.98. The lowest BCUT2D eigenvalue weighted by Crippen LogP contribution is -2.51. The summed E-state index contributed by atoms with van der Waals surface area (Å²) < 4.78 is 5.33. The molecule has 1 aliphatic heterocycles. The van der Waals surface area contributed by atoms with Crippen LogP contribution in [0.1, 0.15) is 38.1 Å². The molecule has 0 saturated carbocycles. The van der Waals surface area contributed by atoms with Crippen molar-refractivity contribution in [3.8, 4) is 0 Å². The van der Waals surface area contributed by atoms with E-state index < -0.39 is 0 Å². The molecule has 2 heterocycles. The van der Waals surface area contributed by atoms with Crippen molar-refractivity contribution in [1.82, 2.24) is 15.8 Å². The average Bonchev–Trinajstić information content (AvgIpc) is 3.15. The minimum Gasteiger partial charge on any atom is -0.368 e. The zero-order valence-electron chi connectivity index (χ0n) is 16.4. The van der Waals surface area contributed by atoms with E-state index in [1.807, 2.05) is 24.3 Å². The largest absolute Gasteiger partial charge is 0.368 e. The van der Waals surface area contributed by atoms with Crippen LogP contribution in [0.4, 0.5) is 5.69 Å². The summed E-state index contributed by atoms with van der Waals surface area (Å²) in [4.78, 5) is 7.00. The van der Waals surface area contributed by atoms with Crippen LogP contribution in [0.25, 0.3) is 0 Å². The molecule has 0 spiro atoms. The van der Waals surface area contributed by atoms with E-state index in [-0.39, 0.29) is 24.0 Å². The van der Waals surface area contributed by atoms with Crippen LogP contribution in [0.5, 0.6) is 0 Å². The van der Waals surface area contributed by atoms with E-state index in [1.165, 1.54) is 0 Å². The van der Waals surface area contributed by atoms with E-state index in [9.17, 15) is 0 Å². The van der Waals surface area contributed by atoms with Gasteiger partial charge in [-0.3, -0.25) is 0 Å². The Labute approximate surface area is 189 Å². The molecule has 0 aliphatic carbocycles. The quantitative estimate of drug-likeness (QED) is 0.341. The minimum absolute atomic E-state index is 0. The van der Waals surface area contributed by atoms with Gasteiger partial charge in [0.25, 0.3) is 0 Å². The van der Waals surface area contributed by atoms with Crippen molar-refractivity contribution in [3.05, 3.63) is 46.8 Å². The normalized spacial score (nSPS) is 17.2. The van der Waals surface area contributed by atoms with Gasteiger partial charge in [0.15, 0.2) is 11.7 Å². The Bertz CT molecular complexity index is 767. The molecule has 2 aromatic rings. The second-order valence-electron chi connectivity index (χ2n) is 6.71. The number of hydrogen-bond acceptors (Lipinski definition) is 4. The van der Waals surface area contributed by atoms with Gasteiger partial charge >= 0.3 is 0 Å². The first-order chi connectivity index (χ1) is 13.2. The topological polar surface area (TPSA) is 65.7 Å². The molecule has 8 heteroatoms. The van der Waals surface area contributed by atoms with Crippen molar-refractivity contribution < 1.29 is 4.52 Å². The molecule has 0 bridgehead atoms. The molecule has 1 aromatic carbocycles. The molecule has 1 atom stereocenters. The standard InChI is InChI=1S/C20H28ClN5O.HI/c1-3-15-12-17(27-25-15)13-23-20(22-4-2)24-16-8-7-11-26(14-16)19-10-6-5-9-18(19)21;/h5-6,9-10,12,16H,3-4,7-8,11,13-14H2,1-2H3,(H2,22,23,24);1H. The fourth-order valence-corrected chi connectivity index (χ4v) is 3.54. The van der Waals surface area contributed by atoms with Crippen molar-refractivity contribution in [2.75, 3.05) is 24.5 Å². The second kappa shape index (κ2) is 11.5. The molecule has 2 N–H and O–H groups in total. The highest BCUT2D eigenvalue weighted by molar-refractivity contribution is 14.0. The maximum Gasteiger partial charge on any atom is 0.191 e. The van der Waals surface area contributed by atoms with Crippen molar-refractivity contribution in [2.45, 2.75) is 45.7 Å². The summed E-state index contributed by atoms with van der Waals surface area (Å²) in [6.45, 7) is 7.33. The van der Waals surface area contributed by atoms with Gasteiger partial charge in [-0.15, -0.1) is 24.0 Å². The highest BCUT2D eigenvalue weighted by atomic mass is 127. The molecule has 6 nitrogen and oxygen atoms in total. The van der Waals surface area contributed by atoms with Crippen LogP contribution in [0, 0.1) is 0 Å². The summed E-state index contributed by atoms with van der Waals surface area (Å²) >= 11 is 6.38. The van der Waals surface area contributed by atoms with E-state index in [2.05, 4.69) is 45.6 Å². The fraction of sp³-hybridized carbons (Fsp3) is 0.500. The van der Waals surface area contributed by atoms with Gasteiger partial charge in [0.05, 0.1) is 16.4 Å². The lowest BCUT2D eigenvalue weighted by Gasteiger charge is -2.35. The first-order valence-electron chi connectivity index (χ1n) is 9.68. The summed E-state index contributed by atoms with van der Waals surface area (Å²) in [6.07, 6.45) is 3.09. The van der Waals surface area contributed by atoms with Crippen molar-refractivity contribution in [3.63, 3.8) is 0 Å². The Morgan fingerprint density at radius 2 is 2.18 bits per heavy atom. The molecule has 0 amide bonds. The number of hydrogen-bond donors (Lipinski definition) is 2. The van der Waals surface area contributed by atoms with Gasteiger partial charge in [-0.2, -0.15) is 0 Å². The lowest BCUT2D eigenvalue weighted by molar-refractivity contribution is 0.379. The lowest BCUT2D eigenvalue weighted by atomic mass is 10.0. The first kappa shape index (κ1) is 22.8. The molecular weight excluding hydrogens is 489 g/mol. The molecule has 0 radical (unpaired) electrons. The smallest absolute Gasteiger partial charge is 0.191 e. The maximum atomic E-state index is 6.38. The van der Waals surface area contributed by atoms with Crippen LogP contribution in [0.3, 0.4) is 0 Å². The van der Waals surface area contributed by atoms with Gasteiger partial charge in [-0.05, 0) is 38.3 Å². The van der Waals surface area contributed by atoms with Crippen LogP contribution < -0.4 is 15.5 Å². The number of halogens is 2. The van der Waals surface area contributed by atoms with E-state index >= 15 is 0 Å². The second-order valence-corrected chi connectivity index (χ2v) is 7.12. The molecule has 154 valence electrons.